The maximum absolute atomic E-state index is 13.8. The second kappa shape index (κ2) is 8.61. The van der Waals surface area contributed by atoms with E-state index in [9.17, 15) is 8.63 Å². The number of nitrogens with one attached hydrogen (secondary N) is 1. The topological polar surface area (TPSA) is 28.0 Å². The third kappa shape index (κ3) is 4.40. The summed E-state index contributed by atoms with van der Waals surface area (Å²) in [6.45, 7) is 0. The molecule has 1 aliphatic heterocycles. The number of methoxy groups -OCH3 is 1. The lowest BCUT2D eigenvalue weighted by Gasteiger charge is -2.10. The summed E-state index contributed by atoms with van der Waals surface area (Å²) in [5, 5.41) is 2.01. The Hall–Kier alpha value is -2.93. The number of halogens is 2. The average Bonchev–Trinajstić information content (AvgIpc) is 3.47. The molecule has 1 aliphatic carbocycles. The Morgan fingerprint density at radius 2 is 2.03 bits per heavy atom. The van der Waals surface area contributed by atoms with E-state index >= 15 is 0 Å². The molecule has 0 unspecified atom stereocenters. The molecule has 3 nitrogen and oxygen atoms in total. The predicted octanol–water partition coefficient (Wildman–Crippen LogP) is 5.84. The van der Waals surface area contributed by atoms with Crippen molar-refractivity contribution in [3.8, 4) is 10.6 Å². The van der Waals surface area contributed by atoms with Gasteiger partial charge in [-0.2, -0.15) is 0 Å². The van der Waals surface area contributed by atoms with Gasteiger partial charge in [-0.15, -0.1) is 11.3 Å². The molecule has 2 aromatic heterocycles. The van der Waals surface area contributed by atoms with Crippen LogP contribution in [0.3, 0.4) is 0 Å². The molecule has 0 fully saturated rings. The molecule has 7 heteroatoms. The lowest BCUT2D eigenvalue weighted by atomic mass is 10.0. The number of ether oxygens (including phenoxy) is 1. The fourth-order valence-electron chi connectivity index (χ4n) is 3.33. The van der Waals surface area contributed by atoms with Crippen molar-refractivity contribution in [3.63, 3.8) is 0 Å². The highest BCUT2D eigenvalue weighted by molar-refractivity contribution is 7.13. The second-order valence-corrected chi connectivity index (χ2v) is 7.64. The van der Waals surface area contributed by atoms with Gasteiger partial charge in [0.2, 0.25) is 0 Å². The van der Waals surface area contributed by atoms with Gasteiger partial charge in [0.1, 0.15) is 0 Å². The van der Waals surface area contributed by atoms with Crippen LogP contribution in [0.15, 0.2) is 83.1 Å². The third-order valence-electron chi connectivity index (χ3n) is 4.85. The SMILES string of the molecule is COC1=CC=C(/C=C/C2=[N+](B(F)F)C(=C\c3ccc(-c4cccs4)[nH]3)/C=C2)CC1. The zero-order valence-corrected chi connectivity index (χ0v) is 16.8. The van der Waals surface area contributed by atoms with E-state index in [0.717, 1.165) is 44.9 Å². The Kier molecular flexibility index (Phi) is 5.76. The lowest BCUT2D eigenvalue weighted by Crippen LogP contribution is -2.23. The fourth-order valence-corrected chi connectivity index (χ4v) is 4.03. The van der Waals surface area contributed by atoms with Gasteiger partial charge in [-0.1, -0.05) is 18.2 Å². The van der Waals surface area contributed by atoms with Crippen LogP contribution in [0.2, 0.25) is 0 Å². The van der Waals surface area contributed by atoms with Crippen LogP contribution in [0.4, 0.5) is 8.63 Å². The number of hydrogen-bond donors (Lipinski definition) is 1. The number of aromatic amines is 1. The summed E-state index contributed by atoms with van der Waals surface area (Å²) in [7, 11) is -0.968. The number of thiophene rings is 1. The molecule has 3 heterocycles. The highest BCUT2D eigenvalue weighted by atomic mass is 32.1. The first-order chi connectivity index (χ1) is 14.1. The van der Waals surface area contributed by atoms with E-state index in [1.165, 1.54) is 0 Å². The van der Waals surface area contributed by atoms with Gasteiger partial charge in [0.15, 0.2) is 11.4 Å². The van der Waals surface area contributed by atoms with Crippen molar-refractivity contribution in [2.24, 2.45) is 0 Å². The van der Waals surface area contributed by atoms with Crippen molar-refractivity contribution in [2.45, 2.75) is 12.8 Å². The highest BCUT2D eigenvalue weighted by Crippen LogP contribution is 2.25. The average molecular weight is 409 g/mol. The summed E-state index contributed by atoms with van der Waals surface area (Å²) >= 11 is 1.63. The largest absolute Gasteiger partial charge is 0.935 e. The molecule has 0 spiro atoms. The minimum absolute atomic E-state index is 0.457. The standard InChI is InChI=1S/C22H19BF2N2OS/c1-28-20-11-5-16(6-12-20)4-8-18-9-10-19(27(18)23(24)25)15-17-7-13-21(26-17)22-3-2-14-29-22/h2-5,7-11,13-15H,6,12H2,1H3/p+1/b8-4+. The van der Waals surface area contributed by atoms with Crippen molar-refractivity contribution in [1.29, 1.82) is 0 Å². The van der Waals surface area contributed by atoms with Crippen LogP contribution >= 0.6 is 11.3 Å². The number of H-pyrrole nitrogens is 1. The number of hydrogen-bond acceptors (Lipinski definition) is 2. The number of nitrogens with zero attached hydrogens (tertiary/aromatic N) is 1. The van der Waals surface area contributed by atoms with E-state index in [1.54, 1.807) is 42.8 Å². The number of aromatic nitrogens is 1. The summed E-state index contributed by atoms with van der Waals surface area (Å²) in [6, 6.07) is 7.87. The van der Waals surface area contributed by atoms with Crippen molar-refractivity contribution < 1.29 is 17.9 Å². The quantitative estimate of drug-likeness (QED) is 0.597. The first kappa shape index (κ1) is 19.4. The summed E-state index contributed by atoms with van der Waals surface area (Å²) in [5.74, 6) is 0.933. The van der Waals surface area contributed by atoms with Gasteiger partial charge in [0.05, 0.1) is 23.4 Å². The highest BCUT2D eigenvalue weighted by Gasteiger charge is 2.41. The summed E-state index contributed by atoms with van der Waals surface area (Å²) in [5.41, 5.74) is 3.78. The molecule has 0 bridgehead atoms. The molecular formula is C22H20BF2N2OS+. The Labute approximate surface area is 172 Å². The molecule has 0 saturated heterocycles. The zero-order valence-electron chi connectivity index (χ0n) is 15.9. The van der Waals surface area contributed by atoms with Gasteiger partial charge in [-0.3, -0.25) is 0 Å². The molecule has 0 aromatic carbocycles. The monoisotopic (exact) mass is 409 g/mol. The molecule has 1 N–H and O–H groups in total. The predicted molar refractivity (Wildman–Crippen MR) is 116 cm³/mol. The van der Waals surface area contributed by atoms with Crippen LogP contribution in [0.1, 0.15) is 18.5 Å². The minimum Gasteiger partial charge on any atom is -0.501 e. The number of allylic oxidation sites excluding steroid dienone is 8. The smallest absolute Gasteiger partial charge is 0.501 e. The Morgan fingerprint density at radius 3 is 2.72 bits per heavy atom. The van der Waals surface area contributed by atoms with Gasteiger partial charge >= 0.3 is 7.40 Å². The Balaban J connectivity index is 1.58. The van der Waals surface area contributed by atoms with E-state index in [-0.39, 0.29) is 0 Å². The van der Waals surface area contributed by atoms with Gasteiger partial charge < -0.3 is 9.72 Å². The summed E-state index contributed by atoms with van der Waals surface area (Å²) in [4.78, 5) is 4.40. The molecule has 4 rings (SSSR count). The normalized spacial score (nSPS) is 18.0. The van der Waals surface area contributed by atoms with E-state index in [0.29, 0.717) is 11.4 Å². The summed E-state index contributed by atoms with van der Waals surface area (Å²) < 4.78 is 33.8. The van der Waals surface area contributed by atoms with Crippen molar-refractivity contribution in [3.05, 3.63) is 88.8 Å². The van der Waals surface area contributed by atoms with Crippen molar-refractivity contribution in [2.75, 3.05) is 7.11 Å². The van der Waals surface area contributed by atoms with Gasteiger partial charge in [-0.25, -0.2) is 13.1 Å². The van der Waals surface area contributed by atoms with Gasteiger partial charge in [0.25, 0.3) is 0 Å². The summed E-state index contributed by atoms with van der Waals surface area (Å²) in [6.07, 6.45) is 14.4. The van der Waals surface area contributed by atoms with E-state index in [2.05, 4.69) is 4.98 Å². The molecule has 0 radical (unpaired) electrons. The minimum atomic E-state index is -2.62. The lowest BCUT2D eigenvalue weighted by molar-refractivity contribution is -0.339. The van der Waals surface area contributed by atoms with Crippen molar-refractivity contribution >= 4 is 30.5 Å². The fraction of sp³-hybridized carbons (Fsp3) is 0.136. The first-order valence-corrected chi connectivity index (χ1v) is 10.2. The van der Waals surface area contributed by atoms with E-state index < -0.39 is 7.40 Å². The van der Waals surface area contributed by atoms with Crippen LogP contribution < -0.4 is 0 Å². The molecule has 2 aliphatic rings. The van der Waals surface area contributed by atoms with Crippen molar-refractivity contribution in [1.82, 2.24) is 4.98 Å². The van der Waals surface area contributed by atoms with Crippen LogP contribution in [0.5, 0.6) is 0 Å². The van der Waals surface area contributed by atoms with Crippen LogP contribution in [-0.2, 0) is 4.74 Å². The van der Waals surface area contributed by atoms with E-state index in [1.807, 2.05) is 47.9 Å². The van der Waals surface area contributed by atoms with Crippen LogP contribution in [-0.4, -0.2) is 29.7 Å². The molecule has 0 atom stereocenters. The van der Waals surface area contributed by atoms with Gasteiger partial charge in [0, 0.05) is 36.4 Å². The zero-order chi connectivity index (χ0) is 20.2. The Bertz CT molecular complexity index is 1070. The maximum atomic E-state index is 13.8. The molecule has 2 aromatic rings. The van der Waals surface area contributed by atoms with Crippen LogP contribution in [0, 0.1) is 0 Å². The second-order valence-electron chi connectivity index (χ2n) is 6.69. The maximum Gasteiger partial charge on any atom is 0.935 e. The van der Waals surface area contributed by atoms with Crippen LogP contribution in [0.25, 0.3) is 16.6 Å². The molecule has 146 valence electrons. The molecular weight excluding hydrogens is 389 g/mol. The Morgan fingerprint density at radius 1 is 1.14 bits per heavy atom. The third-order valence-corrected chi connectivity index (χ3v) is 5.75. The van der Waals surface area contributed by atoms with E-state index in [4.69, 9.17) is 4.74 Å². The number of rotatable bonds is 6. The van der Waals surface area contributed by atoms with Gasteiger partial charge in [-0.05, 0) is 41.6 Å². The molecule has 0 amide bonds. The molecule has 29 heavy (non-hydrogen) atoms. The molecule has 0 saturated carbocycles. The first-order valence-electron chi connectivity index (χ1n) is 9.33.